The molecule has 0 bridgehead atoms. The van der Waals surface area contributed by atoms with Gasteiger partial charge < -0.3 is 20.5 Å². The van der Waals surface area contributed by atoms with Crippen LogP contribution < -0.4 is 15.4 Å². The maximum Gasteiger partial charge on any atom is 0.191 e. The first-order valence-corrected chi connectivity index (χ1v) is 10.7. The molecule has 3 rings (SSSR count). The predicted octanol–water partition coefficient (Wildman–Crippen LogP) is 3.35. The van der Waals surface area contributed by atoms with E-state index >= 15 is 0 Å². The Morgan fingerprint density at radius 1 is 1.25 bits per heavy atom. The van der Waals surface area contributed by atoms with E-state index in [9.17, 15) is 5.11 Å². The van der Waals surface area contributed by atoms with E-state index in [4.69, 9.17) is 4.74 Å². The molecular formula is C21H30N4O2S. The van der Waals surface area contributed by atoms with Gasteiger partial charge in [-0.05, 0) is 50.4 Å². The lowest BCUT2D eigenvalue weighted by Gasteiger charge is -2.27. The molecule has 1 fully saturated rings. The van der Waals surface area contributed by atoms with E-state index in [0.29, 0.717) is 18.3 Å². The van der Waals surface area contributed by atoms with E-state index < -0.39 is 0 Å². The number of likely N-dealkylation sites (tertiary alicyclic amines) is 1. The Kier molecular flexibility index (Phi) is 7.56. The second-order valence-corrected chi connectivity index (χ2v) is 7.80. The van der Waals surface area contributed by atoms with Crippen LogP contribution in [0.1, 0.15) is 36.2 Å². The maximum atomic E-state index is 10.3. The minimum absolute atomic E-state index is 0.151. The van der Waals surface area contributed by atoms with Crippen LogP contribution in [0.2, 0.25) is 0 Å². The van der Waals surface area contributed by atoms with E-state index in [1.165, 1.54) is 17.7 Å². The monoisotopic (exact) mass is 402 g/mol. The number of hydrogen-bond acceptors (Lipinski definition) is 5. The largest absolute Gasteiger partial charge is 0.504 e. The standard InChI is InChI=1S/C21H30N4O2S/c1-3-22-21(23-14-16-8-6-9-18(27-2)20(16)26)24-15-17(19-10-7-13-28-19)25-11-4-5-12-25/h6-10,13,17,26H,3-5,11-12,14-15H2,1-2H3,(H2,22,23,24). The Hall–Kier alpha value is -2.25. The fourth-order valence-electron chi connectivity index (χ4n) is 3.50. The van der Waals surface area contributed by atoms with E-state index in [2.05, 4.69) is 45.0 Å². The number of thiophene rings is 1. The van der Waals surface area contributed by atoms with Gasteiger partial charge in [-0.3, -0.25) is 4.90 Å². The molecule has 3 N–H and O–H groups in total. The number of phenols is 1. The number of nitrogens with zero attached hydrogens (tertiary/aromatic N) is 2. The molecule has 1 aliphatic heterocycles. The van der Waals surface area contributed by atoms with Crippen LogP contribution in [-0.2, 0) is 6.54 Å². The Morgan fingerprint density at radius 2 is 2.07 bits per heavy atom. The smallest absolute Gasteiger partial charge is 0.191 e. The molecule has 1 aromatic carbocycles. The number of para-hydroxylation sites is 1. The summed E-state index contributed by atoms with van der Waals surface area (Å²) in [4.78, 5) is 8.60. The van der Waals surface area contributed by atoms with Gasteiger partial charge in [-0.15, -0.1) is 11.3 Å². The van der Waals surface area contributed by atoms with Crippen molar-refractivity contribution >= 4 is 17.3 Å². The summed E-state index contributed by atoms with van der Waals surface area (Å²) >= 11 is 1.81. The summed E-state index contributed by atoms with van der Waals surface area (Å²) in [6.07, 6.45) is 2.54. The zero-order valence-corrected chi connectivity index (χ0v) is 17.5. The van der Waals surface area contributed by atoms with Gasteiger partial charge in [0.2, 0.25) is 0 Å². The van der Waals surface area contributed by atoms with Gasteiger partial charge in [0.25, 0.3) is 0 Å². The van der Waals surface area contributed by atoms with Crippen LogP contribution >= 0.6 is 11.3 Å². The van der Waals surface area contributed by atoms with Gasteiger partial charge in [-0.2, -0.15) is 0 Å². The number of phenolic OH excluding ortho intramolecular Hbond substituents is 1. The minimum Gasteiger partial charge on any atom is -0.504 e. The van der Waals surface area contributed by atoms with E-state index in [0.717, 1.165) is 37.7 Å². The molecule has 2 aromatic rings. The summed E-state index contributed by atoms with van der Waals surface area (Å²) in [7, 11) is 1.55. The number of aliphatic imine (C=N–C) groups is 1. The molecule has 1 saturated heterocycles. The molecule has 28 heavy (non-hydrogen) atoms. The van der Waals surface area contributed by atoms with Crippen molar-refractivity contribution in [1.82, 2.24) is 15.5 Å². The first kappa shape index (κ1) is 20.5. The summed E-state index contributed by atoms with van der Waals surface area (Å²) < 4.78 is 5.18. The quantitative estimate of drug-likeness (QED) is 0.467. The zero-order valence-electron chi connectivity index (χ0n) is 16.6. The summed E-state index contributed by atoms with van der Waals surface area (Å²) in [6, 6.07) is 10.2. The number of benzene rings is 1. The number of nitrogens with one attached hydrogen (secondary N) is 2. The van der Waals surface area contributed by atoms with Crippen molar-refractivity contribution in [2.45, 2.75) is 32.4 Å². The van der Waals surface area contributed by atoms with Crippen LogP contribution in [0, 0.1) is 0 Å². The van der Waals surface area contributed by atoms with Gasteiger partial charge in [0, 0.05) is 23.5 Å². The lowest BCUT2D eigenvalue weighted by Crippen LogP contribution is -2.42. The molecule has 0 saturated carbocycles. The highest BCUT2D eigenvalue weighted by atomic mass is 32.1. The zero-order chi connectivity index (χ0) is 19.8. The Morgan fingerprint density at radius 3 is 2.75 bits per heavy atom. The van der Waals surface area contributed by atoms with Gasteiger partial charge in [0.15, 0.2) is 17.5 Å². The van der Waals surface area contributed by atoms with Crippen LogP contribution in [-0.4, -0.2) is 49.3 Å². The van der Waals surface area contributed by atoms with Crippen LogP contribution in [0.25, 0.3) is 0 Å². The van der Waals surface area contributed by atoms with Crippen molar-refractivity contribution < 1.29 is 9.84 Å². The molecule has 0 amide bonds. The van der Waals surface area contributed by atoms with Crippen LogP contribution in [0.15, 0.2) is 40.7 Å². The number of guanidine groups is 1. The van der Waals surface area contributed by atoms with Crippen molar-refractivity contribution in [1.29, 1.82) is 0 Å². The number of aromatic hydroxyl groups is 1. The topological polar surface area (TPSA) is 69.1 Å². The van der Waals surface area contributed by atoms with Gasteiger partial charge in [0.1, 0.15) is 0 Å². The molecule has 1 aliphatic rings. The highest BCUT2D eigenvalue weighted by Gasteiger charge is 2.24. The fourth-order valence-corrected chi connectivity index (χ4v) is 4.36. The van der Waals surface area contributed by atoms with Gasteiger partial charge in [0.05, 0.1) is 19.7 Å². The lowest BCUT2D eigenvalue weighted by molar-refractivity contribution is 0.249. The molecule has 0 radical (unpaired) electrons. The fraction of sp³-hybridized carbons (Fsp3) is 0.476. The molecule has 2 heterocycles. The first-order valence-electron chi connectivity index (χ1n) is 9.87. The van der Waals surface area contributed by atoms with Crippen LogP contribution in [0.5, 0.6) is 11.5 Å². The van der Waals surface area contributed by atoms with Crippen molar-refractivity contribution in [3.8, 4) is 11.5 Å². The molecule has 6 nitrogen and oxygen atoms in total. The third kappa shape index (κ3) is 5.17. The average molecular weight is 403 g/mol. The third-order valence-electron chi connectivity index (χ3n) is 4.97. The third-order valence-corrected chi connectivity index (χ3v) is 5.94. The predicted molar refractivity (Wildman–Crippen MR) is 115 cm³/mol. The SMILES string of the molecule is CCNC(=NCc1cccc(OC)c1O)NCC(c1cccs1)N1CCCC1. The molecule has 0 aliphatic carbocycles. The molecular weight excluding hydrogens is 372 g/mol. The van der Waals surface area contributed by atoms with E-state index in [-0.39, 0.29) is 5.75 Å². The van der Waals surface area contributed by atoms with Crippen molar-refractivity contribution in [3.63, 3.8) is 0 Å². The van der Waals surface area contributed by atoms with E-state index in [1.54, 1.807) is 13.2 Å². The van der Waals surface area contributed by atoms with Gasteiger partial charge in [-0.25, -0.2) is 4.99 Å². The molecule has 1 unspecified atom stereocenters. The second-order valence-electron chi connectivity index (χ2n) is 6.82. The van der Waals surface area contributed by atoms with Crippen molar-refractivity contribution in [2.75, 3.05) is 33.3 Å². The average Bonchev–Trinajstić information content (AvgIpc) is 3.42. The Balaban J connectivity index is 1.68. The minimum atomic E-state index is 0.151. The summed E-state index contributed by atoms with van der Waals surface area (Å²) in [5.74, 6) is 1.38. The van der Waals surface area contributed by atoms with Crippen LogP contribution in [0.3, 0.4) is 0 Å². The second kappa shape index (κ2) is 10.3. The molecule has 0 spiro atoms. The number of methoxy groups -OCH3 is 1. The molecule has 1 aromatic heterocycles. The highest BCUT2D eigenvalue weighted by Crippen LogP contribution is 2.30. The number of rotatable bonds is 8. The molecule has 152 valence electrons. The Bertz CT molecular complexity index is 758. The summed E-state index contributed by atoms with van der Waals surface area (Å²) in [6.45, 7) is 6.31. The highest BCUT2D eigenvalue weighted by molar-refractivity contribution is 7.10. The summed E-state index contributed by atoms with van der Waals surface area (Å²) in [5, 5.41) is 19.2. The van der Waals surface area contributed by atoms with Crippen molar-refractivity contribution in [3.05, 3.63) is 46.2 Å². The first-order chi connectivity index (χ1) is 13.7. The summed E-state index contributed by atoms with van der Waals surface area (Å²) in [5.41, 5.74) is 0.742. The number of ether oxygens (including phenoxy) is 1. The lowest BCUT2D eigenvalue weighted by atomic mass is 10.2. The normalized spacial score (nSPS) is 16.1. The van der Waals surface area contributed by atoms with Gasteiger partial charge in [-0.1, -0.05) is 18.2 Å². The van der Waals surface area contributed by atoms with Crippen LogP contribution in [0.4, 0.5) is 0 Å². The Labute approximate surface area is 171 Å². The molecule has 7 heteroatoms. The number of hydrogen-bond donors (Lipinski definition) is 3. The van der Waals surface area contributed by atoms with Crippen molar-refractivity contribution in [2.24, 2.45) is 4.99 Å². The van der Waals surface area contributed by atoms with Gasteiger partial charge >= 0.3 is 0 Å². The molecule has 1 atom stereocenters. The van der Waals surface area contributed by atoms with E-state index in [1.807, 2.05) is 23.5 Å². The maximum absolute atomic E-state index is 10.3.